The van der Waals surface area contributed by atoms with Crippen LogP contribution in [0.2, 0.25) is 0 Å². The zero-order chi connectivity index (χ0) is 14.5. The highest BCUT2D eigenvalue weighted by Crippen LogP contribution is 2.14. The Labute approximate surface area is 122 Å². The van der Waals surface area contributed by atoms with Crippen LogP contribution in [0.5, 0.6) is 0 Å². The predicted molar refractivity (Wildman–Crippen MR) is 79.6 cm³/mol. The first kappa shape index (κ1) is 14.5. The molecule has 0 aliphatic heterocycles. The molecule has 2 aromatic rings. The van der Waals surface area contributed by atoms with Crippen molar-refractivity contribution in [1.82, 2.24) is 14.5 Å². The van der Waals surface area contributed by atoms with Crippen LogP contribution in [0.1, 0.15) is 17.4 Å². The van der Waals surface area contributed by atoms with Gasteiger partial charge in [-0.3, -0.25) is 9.36 Å². The Kier molecular flexibility index (Phi) is 4.70. The summed E-state index contributed by atoms with van der Waals surface area (Å²) >= 11 is 5.25. The molecule has 6 heteroatoms. The summed E-state index contributed by atoms with van der Waals surface area (Å²) in [5, 5.41) is 9.03. The molecule has 0 saturated heterocycles. The topological polar surface area (TPSA) is 61.3 Å². The summed E-state index contributed by atoms with van der Waals surface area (Å²) in [6, 6.07) is 9.48. The third-order valence-corrected chi connectivity index (χ3v) is 3.35. The van der Waals surface area contributed by atoms with Gasteiger partial charge in [0.2, 0.25) is 0 Å². The van der Waals surface area contributed by atoms with E-state index in [9.17, 15) is 4.79 Å². The fourth-order valence-corrected chi connectivity index (χ4v) is 2.31. The number of likely N-dealkylation sites (N-methyl/N-ethyl adjacent to an activating group) is 1. The van der Waals surface area contributed by atoms with Crippen LogP contribution in [0.15, 0.2) is 36.5 Å². The highest BCUT2D eigenvalue weighted by Gasteiger charge is 2.19. The van der Waals surface area contributed by atoms with Crippen LogP contribution in [0.3, 0.4) is 0 Å². The Morgan fingerprint density at radius 1 is 1.40 bits per heavy atom. The van der Waals surface area contributed by atoms with Crippen LogP contribution < -0.4 is 0 Å². The molecule has 0 spiro atoms. The second-order valence-electron chi connectivity index (χ2n) is 4.26. The molecule has 1 amide bonds. The summed E-state index contributed by atoms with van der Waals surface area (Å²) in [4.78, 5) is 17.0. The molecule has 0 fully saturated rings. The van der Waals surface area contributed by atoms with Crippen molar-refractivity contribution < 1.29 is 9.90 Å². The van der Waals surface area contributed by atoms with E-state index in [1.165, 1.54) is 0 Å². The number of aliphatic hydroxyl groups is 1. The molecule has 0 bridgehead atoms. The number of hydrogen-bond donors (Lipinski definition) is 2. The van der Waals surface area contributed by atoms with Gasteiger partial charge < -0.3 is 15.0 Å². The van der Waals surface area contributed by atoms with Crippen molar-refractivity contribution in [3.63, 3.8) is 0 Å². The number of amides is 1. The first-order valence-electron chi connectivity index (χ1n) is 6.45. The normalized spacial score (nSPS) is 10.5. The third-order valence-electron chi connectivity index (χ3n) is 3.05. The SMILES string of the molecule is CCN(CCO)C(=O)c1c[nH]c(=S)n1-c1ccccc1. The number of aromatic amines is 1. The summed E-state index contributed by atoms with van der Waals surface area (Å²) in [7, 11) is 0. The fraction of sp³-hybridized carbons (Fsp3) is 0.286. The summed E-state index contributed by atoms with van der Waals surface area (Å²) in [6.45, 7) is 2.66. The number of para-hydroxylation sites is 1. The van der Waals surface area contributed by atoms with E-state index in [4.69, 9.17) is 17.3 Å². The molecule has 0 aliphatic carbocycles. The van der Waals surface area contributed by atoms with Crippen molar-refractivity contribution in [3.8, 4) is 5.69 Å². The number of rotatable bonds is 5. The maximum Gasteiger partial charge on any atom is 0.272 e. The highest BCUT2D eigenvalue weighted by molar-refractivity contribution is 7.71. The van der Waals surface area contributed by atoms with E-state index < -0.39 is 0 Å². The molecule has 1 heterocycles. The van der Waals surface area contributed by atoms with Crippen LogP contribution >= 0.6 is 12.2 Å². The number of nitrogens with one attached hydrogen (secondary N) is 1. The zero-order valence-corrected chi connectivity index (χ0v) is 12.1. The largest absolute Gasteiger partial charge is 0.395 e. The van der Waals surface area contributed by atoms with Crippen molar-refractivity contribution in [3.05, 3.63) is 47.0 Å². The number of benzene rings is 1. The number of carbonyl (C=O) groups excluding carboxylic acids is 1. The molecule has 1 aromatic carbocycles. The lowest BCUT2D eigenvalue weighted by Gasteiger charge is -2.20. The highest BCUT2D eigenvalue weighted by atomic mass is 32.1. The maximum atomic E-state index is 12.5. The van der Waals surface area contributed by atoms with Gasteiger partial charge in [-0.05, 0) is 31.3 Å². The second kappa shape index (κ2) is 6.49. The van der Waals surface area contributed by atoms with Gasteiger partial charge in [-0.25, -0.2) is 0 Å². The smallest absolute Gasteiger partial charge is 0.272 e. The van der Waals surface area contributed by atoms with Crippen LogP contribution in [-0.2, 0) is 0 Å². The van der Waals surface area contributed by atoms with E-state index in [0.29, 0.717) is 23.6 Å². The number of imidazole rings is 1. The van der Waals surface area contributed by atoms with E-state index in [-0.39, 0.29) is 12.5 Å². The fourth-order valence-electron chi connectivity index (χ4n) is 2.05. The molecule has 1 aromatic heterocycles. The molecule has 2 N–H and O–H groups in total. The molecular weight excluding hydrogens is 274 g/mol. The Balaban J connectivity index is 2.44. The van der Waals surface area contributed by atoms with Gasteiger partial charge >= 0.3 is 0 Å². The lowest BCUT2D eigenvalue weighted by Crippen LogP contribution is -2.34. The van der Waals surface area contributed by atoms with Crippen LogP contribution in [0.4, 0.5) is 0 Å². The molecular formula is C14H17N3O2S. The molecule has 5 nitrogen and oxygen atoms in total. The van der Waals surface area contributed by atoms with Gasteiger partial charge in [0.15, 0.2) is 4.77 Å². The van der Waals surface area contributed by atoms with E-state index in [1.54, 1.807) is 15.7 Å². The molecule has 20 heavy (non-hydrogen) atoms. The second-order valence-corrected chi connectivity index (χ2v) is 4.65. The predicted octanol–water partition coefficient (Wildman–Crippen LogP) is 1.99. The van der Waals surface area contributed by atoms with Crippen molar-refractivity contribution >= 4 is 18.1 Å². The maximum absolute atomic E-state index is 12.5. The van der Waals surface area contributed by atoms with Gasteiger partial charge in [0, 0.05) is 25.0 Å². The average Bonchev–Trinajstić information content (AvgIpc) is 2.86. The number of H-pyrrole nitrogens is 1. The first-order valence-corrected chi connectivity index (χ1v) is 6.85. The van der Waals surface area contributed by atoms with Crippen LogP contribution in [-0.4, -0.2) is 45.2 Å². The number of nitrogens with zero attached hydrogens (tertiary/aromatic N) is 2. The number of aromatic nitrogens is 2. The van der Waals surface area contributed by atoms with Crippen molar-refractivity contribution in [1.29, 1.82) is 0 Å². The van der Waals surface area contributed by atoms with E-state index >= 15 is 0 Å². The molecule has 0 saturated carbocycles. The van der Waals surface area contributed by atoms with Crippen molar-refractivity contribution in [2.75, 3.05) is 19.7 Å². The van der Waals surface area contributed by atoms with E-state index in [0.717, 1.165) is 5.69 Å². The number of aliphatic hydroxyl groups excluding tert-OH is 1. The molecule has 0 aliphatic rings. The van der Waals surface area contributed by atoms with Gasteiger partial charge in [0.25, 0.3) is 5.91 Å². The Hall–Kier alpha value is -1.92. The third kappa shape index (κ3) is 2.81. The minimum Gasteiger partial charge on any atom is -0.395 e. The summed E-state index contributed by atoms with van der Waals surface area (Å²) in [6.07, 6.45) is 1.61. The standard InChI is InChI=1S/C14H17N3O2S/c1-2-16(8-9-18)13(19)12-10-15-14(20)17(12)11-6-4-3-5-7-11/h3-7,10,18H,2,8-9H2,1H3,(H,15,20). The van der Waals surface area contributed by atoms with Gasteiger partial charge in [0.1, 0.15) is 5.69 Å². The van der Waals surface area contributed by atoms with Crippen LogP contribution in [0, 0.1) is 4.77 Å². The lowest BCUT2D eigenvalue weighted by atomic mass is 10.3. The van der Waals surface area contributed by atoms with E-state index in [1.807, 2.05) is 37.3 Å². The molecule has 0 unspecified atom stereocenters. The van der Waals surface area contributed by atoms with Gasteiger partial charge in [-0.2, -0.15) is 0 Å². The quantitative estimate of drug-likeness (QED) is 0.828. The average molecular weight is 291 g/mol. The Bertz CT molecular complexity index is 633. The number of hydrogen-bond acceptors (Lipinski definition) is 3. The minimum atomic E-state index is -0.155. The number of carbonyl (C=O) groups is 1. The monoisotopic (exact) mass is 291 g/mol. The van der Waals surface area contributed by atoms with Gasteiger partial charge in [-0.15, -0.1) is 0 Å². The summed E-state index contributed by atoms with van der Waals surface area (Å²) < 4.78 is 2.18. The van der Waals surface area contributed by atoms with E-state index in [2.05, 4.69) is 4.98 Å². The molecule has 2 rings (SSSR count). The van der Waals surface area contributed by atoms with Crippen LogP contribution in [0.25, 0.3) is 5.69 Å². The van der Waals surface area contributed by atoms with Gasteiger partial charge in [0.05, 0.1) is 6.61 Å². The summed E-state index contributed by atoms with van der Waals surface area (Å²) in [5.41, 5.74) is 1.30. The van der Waals surface area contributed by atoms with Gasteiger partial charge in [-0.1, -0.05) is 18.2 Å². The Morgan fingerprint density at radius 2 is 2.10 bits per heavy atom. The van der Waals surface area contributed by atoms with Crippen molar-refractivity contribution in [2.24, 2.45) is 0 Å². The summed E-state index contributed by atoms with van der Waals surface area (Å²) in [5.74, 6) is -0.155. The lowest BCUT2D eigenvalue weighted by molar-refractivity contribution is 0.0724. The molecule has 0 atom stereocenters. The Morgan fingerprint density at radius 3 is 2.70 bits per heavy atom. The first-order chi connectivity index (χ1) is 9.69. The minimum absolute atomic E-state index is 0.0595. The zero-order valence-electron chi connectivity index (χ0n) is 11.2. The van der Waals surface area contributed by atoms with Crippen molar-refractivity contribution in [2.45, 2.75) is 6.92 Å². The molecule has 0 radical (unpaired) electrons. The molecule has 106 valence electrons.